The number of carbonyl (C=O) groups excluding carboxylic acids is 1. The van der Waals surface area contributed by atoms with Crippen molar-refractivity contribution in [3.8, 4) is 17.3 Å². The van der Waals surface area contributed by atoms with Crippen LogP contribution in [0.15, 0.2) is 47.2 Å². The monoisotopic (exact) mass is 427 g/mol. The Balaban J connectivity index is 1.76. The highest BCUT2D eigenvalue weighted by Crippen LogP contribution is 2.27. The van der Waals surface area contributed by atoms with E-state index in [0.717, 1.165) is 23.9 Å². The zero-order chi connectivity index (χ0) is 18.8. The number of carbonyl (C=O) groups is 1. The van der Waals surface area contributed by atoms with Gasteiger partial charge in [-0.05, 0) is 50.1 Å². The third kappa shape index (κ3) is 3.85. The Morgan fingerprint density at radius 2 is 2.19 bits per heavy atom. The van der Waals surface area contributed by atoms with Crippen LogP contribution >= 0.6 is 15.9 Å². The van der Waals surface area contributed by atoms with E-state index < -0.39 is 0 Å². The zero-order valence-electron chi connectivity index (χ0n) is 14.7. The first kappa shape index (κ1) is 17.7. The van der Waals surface area contributed by atoms with E-state index in [1.807, 2.05) is 35.8 Å². The van der Waals surface area contributed by atoms with Gasteiger partial charge >= 0.3 is 0 Å². The molecule has 27 heavy (non-hydrogen) atoms. The predicted molar refractivity (Wildman–Crippen MR) is 105 cm³/mol. The maximum atomic E-state index is 12.9. The van der Waals surface area contributed by atoms with Crippen molar-refractivity contribution in [2.24, 2.45) is 0 Å². The smallest absolute Gasteiger partial charge is 0.260 e. The number of benzene rings is 1. The number of aromatic nitrogens is 4. The van der Waals surface area contributed by atoms with E-state index in [-0.39, 0.29) is 12.0 Å². The number of ether oxygens (including phenoxy) is 1. The number of amides is 1. The molecule has 1 unspecified atom stereocenters. The van der Waals surface area contributed by atoms with Crippen molar-refractivity contribution in [1.29, 1.82) is 0 Å². The van der Waals surface area contributed by atoms with Gasteiger partial charge in [0.15, 0.2) is 5.82 Å². The standard InChI is InChI=1S/C19H18BrN5O2/c1-12-4-3-9-25-11-21-24-18(25)15-5-2-6-17(22-15)23-19(26)14-10-13(20)7-8-16(14)27-12/h2,5-8,10-12H,3-4,9H2,1H3,(H,22,23,26). The first-order valence-corrected chi connectivity index (χ1v) is 9.52. The Hall–Kier alpha value is -2.74. The number of anilines is 1. The molecule has 1 aliphatic heterocycles. The molecule has 3 aromatic rings. The minimum Gasteiger partial charge on any atom is -0.490 e. The molecule has 2 bridgehead atoms. The summed E-state index contributed by atoms with van der Waals surface area (Å²) >= 11 is 3.42. The lowest BCUT2D eigenvalue weighted by atomic mass is 10.1. The van der Waals surface area contributed by atoms with Crippen molar-refractivity contribution in [3.63, 3.8) is 0 Å². The van der Waals surface area contributed by atoms with E-state index in [9.17, 15) is 4.79 Å². The molecule has 0 radical (unpaired) electrons. The van der Waals surface area contributed by atoms with Gasteiger partial charge in [0.05, 0.1) is 11.7 Å². The Kier molecular flexibility index (Phi) is 4.89. The molecule has 0 spiro atoms. The molecule has 1 aromatic carbocycles. The largest absolute Gasteiger partial charge is 0.490 e. The molecule has 7 nitrogen and oxygen atoms in total. The van der Waals surface area contributed by atoms with Crippen molar-refractivity contribution < 1.29 is 9.53 Å². The third-order valence-electron chi connectivity index (χ3n) is 4.36. The number of hydrogen-bond acceptors (Lipinski definition) is 5. The number of aryl methyl sites for hydroxylation is 1. The van der Waals surface area contributed by atoms with Gasteiger partial charge in [0.1, 0.15) is 23.6 Å². The summed E-state index contributed by atoms with van der Waals surface area (Å²) in [4.78, 5) is 17.4. The third-order valence-corrected chi connectivity index (χ3v) is 4.85. The van der Waals surface area contributed by atoms with Crippen molar-refractivity contribution >= 4 is 27.7 Å². The average molecular weight is 428 g/mol. The Morgan fingerprint density at radius 1 is 1.30 bits per heavy atom. The van der Waals surface area contributed by atoms with Crippen LogP contribution in [0.25, 0.3) is 11.5 Å². The quantitative estimate of drug-likeness (QED) is 0.587. The molecule has 3 heterocycles. The van der Waals surface area contributed by atoms with Crippen LogP contribution in [-0.2, 0) is 6.54 Å². The second-order valence-corrected chi connectivity index (χ2v) is 7.34. The van der Waals surface area contributed by atoms with Crippen molar-refractivity contribution in [2.75, 3.05) is 5.32 Å². The molecule has 138 valence electrons. The summed E-state index contributed by atoms with van der Waals surface area (Å²) in [5.41, 5.74) is 1.13. The van der Waals surface area contributed by atoms with E-state index in [1.165, 1.54) is 0 Å². The van der Waals surface area contributed by atoms with Crippen LogP contribution in [-0.4, -0.2) is 31.8 Å². The summed E-state index contributed by atoms with van der Waals surface area (Å²) in [5, 5.41) is 11.0. The second kappa shape index (κ2) is 7.48. The molecular weight excluding hydrogens is 410 g/mol. The number of halogens is 1. The highest BCUT2D eigenvalue weighted by Gasteiger charge is 2.18. The summed E-state index contributed by atoms with van der Waals surface area (Å²) in [6, 6.07) is 10.9. The van der Waals surface area contributed by atoms with Gasteiger partial charge in [0, 0.05) is 11.0 Å². The number of pyridine rings is 1. The maximum absolute atomic E-state index is 12.9. The van der Waals surface area contributed by atoms with Crippen LogP contribution in [0.1, 0.15) is 30.1 Å². The van der Waals surface area contributed by atoms with Gasteiger partial charge in [-0.1, -0.05) is 22.0 Å². The highest BCUT2D eigenvalue weighted by atomic mass is 79.9. The van der Waals surface area contributed by atoms with Crippen LogP contribution in [0, 0.1) is 0 Å². The summed E-state index contributed by atoms with van der Waals surface area (Å²) in [6.07, 6.45) is 3.40. The van der Waals surface area contributed by atoms with Crippen molar-refractivity contribution in [2.45, 2.75) is 32.4 Å². The second-order valence-electron chi connectivity index (χ2n) is 6.42. The van der Waals surface area contributed by atoms with E-state index in [0.29, 0.717) is 28.6 Å². The lowest BCUT2D eigenvalue weighted by molar-refractivity contribution is 0.101. The Morgan fingerprint density at radius 3 is 3.07 bits per heavy atom. The van der Waals surface area contributed by atoms with Crippen LogP contribution in [0.4, 0.5) is 5.82 Å². The van der Waals surface area contributed by atoms with E-state index >= 15 is 0 Å². The van der Waals surface area contributed by atoms with Gasteiger partial charge in [0.2, 0.25) is 0 Å². The molecule has 0 fully saturated rings. The minimum absolute atomic E-state index is 0.0310. The van der Waals surface area contributed by atoms with Crippen LogP contribution in [0.3, 0.4) is 0 Å². The number of hydrogen-bond donors (Lipinski definition) is 1. The molecule has 1 aliphatic rings. The fraction of sp³-hybridized carbons (Fsp3) is 0.263. The maximum Gasteiger partial charge on any atom is 0.260 e. The predicted octanol–water partition coefficient (Wildman–Crippen LogP) is 3.92. The summed E-state index contributed by atoms with van der Waals surface area (Å²) < 4.78 is 8.83. The van der Waals surface area contributed by atoms with Crippen LogP contribution < -0.4 is 10.1 Å². The fourth-order valence-corrected chi connectivity index (χ4v) is 3.40. The van der Waals surface area contributed by atoms with Gasteiger partial charge in [-0.25, -0.2) is 4.98 Å². The number of fused-ring (bicyclic) bond motifs is 5. The summed E-state index contributed by atoms with van der Waals surface area (Å²) in [5.74, 6) is 1.41. The summed E-state index contributed by atoms with van der Waals surface area (Å²) in [7, 11) is 0. The molecule has 1 atom stereocenters. The van der Waals surface area contributed by atoms with Gasteiger partial charge in [-0.15, -0.1) is 10.2 Å². The molecule has 4 rings (SSSR count). The topological polar surface area (TPSA) is 81.9 Å². The highest BCUT2D eigenvalue weighted by molar-refractivity contribution is 9.10. The van der Waals surface area contributed by atoms with Crippen molar-refractivity contribution in [3.05, 3.63) is 52.8 Å². The SMILES string of the molecule is CC1CCCn2cnnc2-c2cccc(n2)NC(=O)c2cc(Br)ccc2O1. The van der Waals surface area contributed by atoms with Crippen LogP contribution in [0.2, 0.25) is 0 Å². The number of nitrogens with one attached hydrogen (secondary N) is 1. The molecular formula is C19H18BrN5O2. The van der Waals surface area contributed by atoms with Gasteiger partial charge < -0.3 is 14.6 Å². The Bertz CT molecular complexity index is 988. The molecule has 1 N–H and O–H groups in total. The molecule has 8 heteroatoms. The molecule has 0 saturated heterocycles. The van der Waals surface area contributed by atoms with E-state index in [4.69, 9.17) is 4.74 Å². The zero-order valence-corrected chi connectivity index (χ0v) is 16.3. The van der Waals surface area contributed by atoms with Gasteiger partial charge in [0.25, 0.3) is 5.91 Å². The minimum atomic E-state index is -0.276. The molecule has 1 amide bonds. The molecule has 2 aromatic heterocycles. The van der Waals surface area contributed by atoms with Gasteiger partial charge in [-0.2, -0.15) is 0 Å². The lowest BCUT2D eigenvalue weighted by Gasteiger charge is -2.18. The molecule has 0 aliphatic carbocycles. The fourth-order valence-electron chi connectivity index (χ4n) is 3.04. The van der Waals surface area contributed by atoms with Crippen LogP contribution in [0.5, 0.6) is 5.75 Å². The lowest BCUT2D eigenvalue weighted by Crippen LogP contribution is -2.19. The van der Waals surface area contributed by atoms with Crippen molar-refractivity contribution in [1.82, 2.24) is 19.7 Å². The van der Waals surface area contributed by atoms with E-state index in [2.05, 4.69) is 36.4 Å². The first-order valence-electron chi connectivity index (χ1n) is 8.73. The molecule has 0 saturated carbocycles. The Labute approximate surface area is 164 Å². The average Bonchev–Trinajstić information content (AvgIpc) is 3.11. The first-order chi connectivity index (χ1) is 13.1. The van der Waals surface area contributed by atoms with Gasteiger partial charge in [-0.3, -0.25) is 4.79 Å². The number of rotatable bonds is 0. The van der Waals surface area contributed by atoms with E-state index in [1.54, 1.807) is 18.5 Å². The summed E-state index contributed by atoms with van der Waals surface area (Å²) in [6.45, 7) is 2.77. The normalized spacial score (nSPS) is 17.1. The number of nitrogens with zero attached hydrogens (tertiary/aromatic N) is 4.